The molecule has 0 aromatic heterocycles. The average Bonchev–Trinajstić information content (AvgIpc) is 2.70. The third kappa shape index (κ3) is 3.47. The first-order valence-electron chi connectivity index (χ1n) is 6.65. The Morgan fingerprint density at radius 2 is 1.89 bits per heavy atom. The zero-order chi connectivity index (χ0) is 14.0. The summed E-state index contributed by atoms with van der Waals surface area (Å²) >= 11 is 0. The summed E-state index contributed by atoms with van der Waals surface area (Å²) in [5.74, 6) is 0.189. The van der Waals surface area contributed by atoms with E-state index >= 15 is 0 Å². The quantitative estimate of drug-likeness (QED) is 0.845. The molecule has 4 nitrogen and oxygen atoms in total. The summed E-state index contributed by atoms with van der Waals surface area (Å²) in [4.78, 5) is 13.7. The number of nitrogens with zero attached hydrogens (tertiary/aromatic N) is 1. The number of ether oxygens (including phenoxy) is 1. The van der Waals surface area contributed by atoms with Crippen LogP contribution < -0.4 is 5.73 Å². The number of hydrogen-bond donors (Lipinski definition) is 1. The minimum absolute atomic E-state index is 0.0325. The Bertz CT molecular complexity index is 439. The smallest absolute Gasteiger partial charge is 0.410 e. The second-order valence-electron chi connectivity index (χ2n) is 6.07. The van der Waals surface area contributed by atoms with Crippen molar-refractivity contribution < 1.29 is 9.53 Å². The van der Waals surface area contributed by atoms with Gasteiger partial charge in [0.2, 0.25) is 0 Å². The van der Waals surface area contributed by atoms with Crippen molar-refractivity contribution in [1.29, 1.82) is 0 Å². The highest BCUT2D eigenvalue weighted by Crippen LogP contribution is 2.27. The molecule has 1 aliphatic rings. The fraction of sp³-hybridized carbons (Fsp3) is 0.533. The van der Waals surface area contributed by atoms with E-state index in [2.05, 4.69) is 12.1 Å². The number of likely N-dealkylation sites (tertiary alicyclic amines) is 1. The Morgan fingerprint density at radius 1 is 1.26 bits per heavy atom. The molecule has 1 aromatic rings. The Balaban J connectivity index is 2.04. The van der Waals surface area contributed by atoms with Crippen LogP contribution >= 0.6 is 0 Å². The highest BCUT2D eigenvalue weighted by molar-refractivity contribution is 5.69. The monoisotopic (exact) mass is 262 g/mol. The first kappa shape index (κ1) is 13.9. The Labute approximate surface area is 114 Å². The van der Waals surface area contributed by atoms with Crippen molar-refractivity contribution >= 4 is 6.09 Å². The predicted molar refractivity (Wildman–Crippen MR) is 75.0 cm³/mol. The first-order valence-corrected chi connectivity index (χ1v) is 6.65. The standard InChI is InChI=1S/C15H22N2O2/c1-15(2,3)19-14(18)17-9-12(13(16)10-17)11-7-5-4-6-8-11/h4-8,12-13H,9-10,16H2,1-3H3/t12-,13+/m0/s1. The summed E-state index contributed by atoms with van der Waals surface area (Å²) in [6.07, 6.45) is -0.276. The van der Waals surface area contributed by atoms with Crippen molar-refractivity contribution in [3.8, 4) is 0 Å². The van der Waals surface area contributed by atoms with E-state index in [4.69, 9.17) is 10.5 Å². The summed E-state index contributed by atoms with van der Waals surface area (Å²) in [7, 11) is 0. The topological polar surface area (TPSA) is 55.6 Å². The average molecular weight is 262 g/mol. The number of amides is 1. The van der Waals surface area contributed by atoms with Crippen LogP contribution in [0.2, 0.25) is 0 Å². The molecule has 1 fully saturated rings. The molecular weight excluding hydrogens is 240 g/mol. The minimum atomic E-state index is -0.466. The van der Waals surface area contributed by atoms with Gasteiger partial charge in [0.25, 0.3) is 0 Å². The van der Waals surface area contributed by atoms with Gasteiger partial charge in [0.05, 0.1) is 0 Å². The number of carbonyl (C=O) groups is 1. The zero-order valence-electron chi connectivity index (χ0n) is 11.8. The van der Waals surface area contributed by atoms with Crippen LogP contribution in [0.1, 0.15) is 32.3 Å². The Morgan fingerprint density at radius 3 is 2.47 bits per heavy atom. The number of rotatable bonds is 1. The van der Waals surface area contributed by atoms with Crippen molar-refractivity contribution in [1.82, 2.24) is 4.90 Å². The van der Waals surface area contributed by atoms with Gasteiger partial charge in [-0.15, -0.1) is 0 Å². The van der Waals surface area contributed by atoms with E-state index in [9.17, 15) is 4.79 Å². The molecule has 1 amide bonds. The van der Waals surface area contributed by atoms with Crippen LogP contribution in [-0.2, 0) is 4.74 Å². The lowest BCUT2D eigenvalue weighted by atomic mass is 9.95. The van der Waals surface area contributed by atoms with Crippen LogP contribution in [0.15, 0.2) is 30.3 Å². The van der Waals surface area contributed by atoms with Gasteiger partial charge < -0.3 is 15.4 Å². The molecule has 0 radical (unpaired) electrons. The van der Waals surface area contributed by atoms with E-state index < -0.39 is 5.60 Å². The molecule has 104 valence electrons. The number of carbonyl (C=O) groups excluding carboxylic acids is 1. The fourth-order valence-corrected chi connectivity index (χ4v) is 2.36. The van der Waals surface area contributed by atoms with Crippen LogP contribution in [0.5, 0.6) is 0 Å². The molecule has 1 aromatic carbocycles. The van der Waals surface area contributed by atoms with Gasteiger partial charge in [-0.2, -0.15) is 0 Å². The summed E-state index contributed by atoms with van der Waals surface area (Å²) < 4.78 is 5.39. The minimum Gasteiger partial charge on any atom is -0.444 e. The van der Waals surface area contributed by atoms with Crippen molar-refractivity contribution in [3.63, 3.8) is 0 Å². The van der Waals surface area contributed by atoms with Crippen molar-refractivity contribution in [2.45, 2.75) is 38.3 Å². The third-order valence-corrected chi connectivity index (χ3v) is 3.24. The van der Waals surface area contributed by atoms with E-state index in [0.717, 1.165) is 0 Å². The van der Waals surface area contributed by atoms with Crippen LogP contribution in [0, 0.1) is 0 Å². The zero-order valence-corrected chi connectivity index (χ0v) is 11.8. The molecule has 0 bridgehead atoms. The molecule has 0 aliphatic carbocycles. The second kappa shape index (κ2) is 5.21. The van der Waals surface area contributed by atoms with E-state index in [1.54, 1.807) is 4.90 Å². The molecule has 1 heterocycles. The molecule has 19 heavy (non-hydrogen) atoms. The van der Waals surface area contributed by atoms with Gasteiger partial charge in [-0.1, -0.05) is 30.3 Å². The van der Waals surface area contributed by atoms with E-state index in [-0.39, 0.29) is 18.1 Å². The summed E-state index contributed by atoms with van der Waals surface area (Å²) in [6.45, 7) is 6.79. The third-order valence-electron chi connectivity index (χ3n) is 3.24. The normalized spacial score (nSPS) is 23.5. The van der Waals surface area contributed by atoms with Crippen molar-refractivity contribution in [2.75, 3.05) is 13.1 Å². The van der Waals surface area contributed by atoms with Gasteiger partial charge in [0.1, 0.15) is 5.60 Å². The fourth-order valence-electron chi connectivity index (χ4n) is 2.36. The van der Waals surface area contributed by atoms with Crippen LogP contribution in [0.25, 0.3) is 0 Å². The van der Waals surface area contributed by atoms with Crippen molar-refractivity contribution in [2.24, 2.45) is 5.73 Å². The molecule has 2 N–H and O–H groups in total. The lowest BCUT2D eigenvalue weighted by Gasteiger charge is -2.24. The lowest BCUT2D eigenvalue weighted by Crippen LogP contribution is -2.36. The maximum Gasteiger partial charge on any atom is 0.410 e. The number of benzene rings is 1. The van der Waals surface area contributed by atoms with Crippen LogP contribution in [-0.4, -0.2) is 35.7 Å². The SMILES string of the molecule is CC(C)(C)OC(=O)N1C[C@@H](N)[C@H](c2ccccc2)C1. The van der Waals surface area contributed by atoms with Gasteiger partial charge in [-0.05, 0) is 26.3 Å². The van der Waals surface area contributed by atoms with Gasteiger partial charge in [0, 0.05) is 25.0 Å². The predicted octanol–water partition coefficient (Wildman–Crippen LogP) is 2.35. The maximum atomic E-state index is 12.0. The lowest BCUT2D eigenvalue weighted by molar-refractivity contribution is 0.0290. The summed E-state index contributed by atoms with van der Waals surface area (Å²) in [5, 5.41) is 0. The largest absolute Gasteiger partial charge is 0.444 e. The van der Waals surface area contributed by atoms with Gasteiger partial charge in [-0.3, -0.25) is 0 Å². The second-order valence-corrected chi connectivity index (χ2v) is 6.07. The molecule has 0 spiro atoms. The highest BCUT2D eigenvalue weighted by Gasteiger charge is 2.35. The van der Waals surface area contributed by atoms with E-state index in [0.29, 0.717) is 13.1 Å². The van der Waals surface area contributed by atoms with Crippen LogP contribution in [0.4, 0.5) is 4.79 Å². The molecule has 2 rings (SSSR count). The molecule has 0 saturated carbocycles. The summed E-state index contributed by atoms with van der Waals surface area (Å²) in [5.41, 5.74) is 6.87. The Kier molecular flexibility index (Phi) is 3.80. The molecule has 1 saturated heterocycles. The maximum absolute atomic E-state index is 12.0. The molecule has 4 heteroatoms. The molecule has 1 aliphatic heterocycles. The van der Waals surface area contributed by atoms with Crippen LogP contribution in [0.3, 0.4) is 0 Å². The first-order chi connectivity index (χ1) is 8.87. The van der Waals surface area contributed by atoms with Crippen molar-refractivity contribution in [3.05, 3.63) is 35.9 Å². The van der Waals surface area contributed by atoms with Gasteiger partial charge >= 0.3 is 6.09 Å². The number of nitrogens with two attached hydrogens (primary N) is 1. The Hall–Kier alpha value is -1.55. The molecule has 0 unspecified atom stereocenters. The highest BCUT2D eigenvalue weighted by atomic mass is 16.6. The van der Waals surface area contributed by atoms with Gasteiger partial charge in [0.15, 0.2) is 0 Å². The molecular formula is C15H22N2O2. The number of hydrogen-bond acceptors (Lipinski definition) is 3. The molecule has 2 atom stereocenters. The van der Waals surface area contributed by atoms with E-state index in [1.165, 1.54) is 5.56 Å². The van der Waals surface area contributed by atoms with E-state index in [1.807, 2.05) is 39.0 Å². The summed E-state index contributed by atoms with van der Waals surface area (Å²) in [6, 6.07) is 10.1. The van der Waals surface area contributed by atoms with Gasteiger partial charge in [-0.25, -0.2) is 4.79 Å².